The van der Waals surface area contributed by atoms with Crippen molar-refractivity contribution in [2.75, 3.05) is 0 Å². The molecule has 1 unspecified atom stereocenters. The number of carbonyl (C=O) groups is 2. The molecule has 1 N–H and O–H groups in total. The van der Waals surface area contributed by atoms with Gasteiger partial charge in [0.05, 0.1) is 0 Å². The number of rotatable bonds is 8. The zero-order valence-corrected chi connectivity index (χ0v) is 12.3. The van der Waals surface area contributed by atoms with Crippen LogP contribution in [0.1, 0.15) is 45.6 Å². The number of hydrogen-bond donors (Lipinski definition) is 1. The zero-order chi connectivity index (χ0) is 15.0. The summed E-state index contributed by atoms with van der Waals surface area (Å²) in [5.74, 6) is -0.219. The number of esters is 1. The summed E-state index contributed by atoms with van der Waals surface area (Å²) < 4.78 is 10.3. The van der Waals surface area contributed by atoms with Crippen molar-refractivity contribution in [2.45, 2.75) is 58.2 Å². The van der Waals surface area contributed by atoms with Crippen LogP contribution in [0.5, 0.6) is 0 Å². The van der Waals surface area contributed by atoms with Crippen LogP contribution in [0.4, 0.5) is 0 Å². The molecule has 0 aliphatic rings. The molecule has 0 radical (unpaired) electrons. The Morgan fingerprint density at radius 2 is 2.20 bits per heavy atom. The van der Waals surface area contributed by atoms with Crippen molar-refractivity contribution in [3.05, 3.63) is 24.0 Å². The quantitative estimate of drug-likeness (QED) is 0.587. The van der Waals surface area contributed by atoms with E-state index in [2.05, 4.69) is 4.98 Å². The summed E-state index contributed by atoms with van der Waals surface area (Å²) in [5, 5.41) is 0. The molecule has 5 heteroatoms. The molecule has 1 aromatic rings. The Hall–Kier alpha value is -1.78. The molecule has 0 bridgehead atoms. The Morgan fingerprint density at radius 1 is 1.45 bits per heavy atom. The van der Waals surface area contributed by atoms with Gasteiger partial charge >= 0.3 is 5.97 Å². The number of hydrogen-bond acceptors (Lipinski definition) is 4. The van der Waals surface area contributed by atoms with Crippen LogP contribution >= 0.6 is 0 Å². The van der Waals surface area contributed by atoms with Gasteiger partial charge in [-0.1, -0.05) is 0 Å². The standard InChI is InChI=1S/C15H23NO4/c1-15(2,3)20-14(18)6-4-5-13(19-11-17)9-12-7-8-16-10-12/h7-8,10-11,13,16H,4-6,9H2,1-3H3. The van der Waals surface area contributed by atoms with Gasteiger partial charge in [0.2, 0.25) is 0 Å². The van der Waals surface area contributed by atoms with Gasteiger partial charge in [-0.15, -0.1) is 0 Å². The Morgan fingerprint density at radius 3 is 2.75 bits per heavy atom. The lowest BCUT2D eigenvalue weighted by Gasteiger charge is -2.20. The van der Waals surface area contributed by atoms with Crippen molar-refractivity contribution in [2.24, 2.45) is 0 Å². The van der Waals surface area contributed by atoms with E-state index in [1.54, 1.807) is 0 Å². The van der Waals surface area contributed by atoms with Crippen molar-refractivity contribution in [1.29, 1.82) is 0 Å². The van der Waals surface area contributed by atoms with Gasteiger partial charge < -0.3 is 14.5 Å². The van der Waals surface area contributed by atoms with E-state index in [0.717, 1.165) is 5.56 Å². The highest BCUT2D eigenvalue weighted by Crippen LogP contribution is 2.14. The molecule has 0 aromatic carbocycles. The maximum absolute atomic E-state index is 11.6. The van der Waals surface area contributed by atoms with Gasteiger partial charge in [0.1, 0.15) is 11.7 Å². The number of aromatic amines is 1. The highest BCUT2D eigenvalue weighted by molar-refractivity contribution is 5.69. The van der Waals surface area contributed by atoms with E-state index in [1.165, 1.54) is 0 Å². The molecule has 1 rings (SSSR count). The minimum absolute atomic E-state index is 0.203. The van der Waals surface area contributed by atoms with Crippen LogP contribution in [0, 0.1) is 0 Å². The predicted molar refractivity (Wildman–Crippen MR) is 75.1 cm³/mol. The average molecular weight is 281 g/mol. The summed E-state index contributed by atoms with van der Waals surface area (Å²) in [6.07, 6.45) is 5.76. The Balaban J connectivity index is 2.32. The molecule has 0 amide bonds. The topological polar surface area (TPSA) is 68.4 Å². The molecule has 0 saturated heterocycles. The summed E-state index contributed by atoms with van der Waals surface area (Å²) >= 11 is 0. The smallest absolute Gasteiger partial charge is 0.306 e. The fourth-order valence-corrected chi connectivity index (χ4v) is 1.91. The summed E-state index contributed by atoms with van der Waals surface area (Å²) in [6.45, 7) is 5.99. The SMILES string of the molecule is CC(C)(C)OC(=O)CCCC(Cc1cc[nH]c1)OC=O. The van der Waals surface area contributed by atoms with Gasteiger partial charge in [-0.2, -0.15) is 0 Å². The first kappa shape index (κ1) is 16.3. The van der Waals surface area contributed by atoms with Crippen molar-refractivity contribution >= 4 is 12.4 Å². The first-order chi connectivity index (χ1) is 9.40. The molecule has 0 aliphatic heterocycles. The molecule has 0 saturated carbocycles. The van der Waals surface area contributed by atoms with Crippen LogP contribution in [0.25, 0.3) is 0 Å². The maximum atomic E-state index is 11.6. The second kappa shape index (κ2) is 7.72. The molecular formula is C15H23NO4. The second-order valence-electron chi connectivity index (χ2n) is 5.76. The van der Waals surface area contributed by atoms with Crippen LogP contribution in [0.2, 0.25) is 0 Å². The number of H-pyrrole nitrogens is 1. The van der Waals surface area contributed by atoms with E-state index in [4.69, 9.17) is 9.47 Å². The van der Waals surface area contributed by atoms with Crippen LogP contribution in [0.3, 0.4) is 0 Å². The second-order valence-corrected chi connectivity index (χ2v) is 5.76. The monoisotopic (exact) mass is 281 g/mol. The fraction of sp³-hybridized carbons (Fsp3) is 0.600. The Labute approximate surface area is 119 Å². The van der Waals surface area contributed by atoms with Gasteiger partial charge in [-0.3, -0.25) is 9.59 Å². The van der Waals surface area contributed by atoms with E-state index in [9.17, 15) is 9.59 Å². The van der Waals surface area contributed by atoms with Crippen molar-refractivity contribution in [1.82, 2.24) is 4.98 Å². The Bertz CT molecular complexity index is 406. The van der Waals surface area contributed by atoms with Gasteiger partial charge in [0.25, 0.3) is 6.47 Å². The molecule has 1 atom stereocenters. The summed E-state index contributed by atoms with van der Waals surface area (Å²) in [4.78, 5) is 25.0. The molecule has 1 heterocycles. The molecule has 1 aromatic heterocycles. The first-order valence-corrected chi connectivity index (χ1v) is 6.83. The number of nitrogens with one attached hydrogen (secondary N) is 1. The van der Waals surface area contributed by atoms with E-state index in [0.29, 0.717) is 32.2 Å². The van der Waals surface area contributed by atoms with E-state index >= 15 is 0 Å². The third-order valence-corrected chi connectivity index (χ3v) is 2.70. The lowest BCUT2D eigenvalue weighted by atomic mass is 10.1. The average Bonchev–Trinajstić information content (AvgIpc) is 2.79. The van der Waals surface area contributed by atoms with Gasteiger partial charge in [0.15, 0.2) is 0 Å². The summed E-state index contributed by atoms with van der Waals surface area (Å²) in [5.41, 5.74) is 0.620. The fourth-order valence-electron chi connectivity index (χ4n) is 1.91. The molecule has 5 nitrogen and oxygen atoms in total. The van der Waals surface area contributed by atoms with E-state index < -0.39 is 5.60 Å². The minimum atomic E-state index is -0.457. The van der Waals surface area contributed by atoms with Gasteiger partial charge in [-0.05, 0) is 45.2 Å². The molecule has 0 spiro atoms. The molecule has 0 aliphatic carbocycles. The maximum Gasteiger partial charge on any atom is 0.306 e. The number of aromatic nitrogens is 1. The highest BCUT2D eigenvalue weighted by Gasteiger charge is 2.17. The highest BCUT2D eigenvalue weighted by atomic mass is 16.6. The van der Waals surface area contributed by atoms with Crippen molar-refractivity contribution in [3.8, 4) is 0 Å². The van der Waals surface area contributed by atoms with E-state index in [-0.39, 0.29) is 12.1 Å². The zero-order valence-electron chi connectivity index (χ0n) is 12.3. The van der Waals surface area contributed by atoms with Gasteiger partial charge in [0, 0.05) is 25.2 Å². The molecular weight excluding hydrogens is 258 g/mol. The van der Waals surface area contributed by atoms with Crippen molar-refractivity contribution in [3.63, 3.8) is 0 Å². The van der Waals surface area contributed by atoms with Gasteiger partial charge in [-0.25, -0.2) is 0 Å². The lowest BCUT2D eigenvalue weighted by molar-refractivity contribution is -0.155. The summed E-state index contributed by atoms with van der Waals surface area (Å²) in [6, 6.07) is 1.94. The molecule has 20 heavy (non-hydrogen) atoms. The Kier molecular flexibility index (Phi) is 6.28. The van der Waals surface area contributed by atoms with E-state index in [1.807, 2.05) is 39.2 Å². The summed E-state index contributed by atoms with van der Waals surface area (Å²) in [7, 11) is 0. The third kappa shape index (κ3) is 6.97. The van der Waals surface area contributed by atoms with Crippen molar-refractivity contribution < 1.29 is 19.1 Å². The number of carbonyl (C=O) groups excluding carboxylic acids is 2. The lowest BCUT2D eigenvalue weighted by Crippen LogP contribution is -2.24. The largest absolute Gasteiger partial charge is 0.464 e. The van der Waals surface area contributed by atoms with Crippen LogP contribution in [0.15, 0.2) is 18.5 Å². The predicted octanol–water partition coefficient (Wildman–Crippen LogP) is 2.61. The normalized spacial score (nSPS) is 12.8. The first-order valence-electron chi connectivity index (χ1n) is 6.83. The number of ether oxygens (including phenoxy) is 2. The minimum Gasteiger partial charge on any atom is -0.464 e. The van der Waals surface area contributed by atoms with Crippen LogP contribution in [-0.2, 0) is 25.5 Å². The molecule has 0 fully saturated rings. The third-order valence-electron chi connectivity index (χ3n) is 2.70. The van der Waals surface area contributed by atoms with Crippen LogP contribution < -0.4 is 0 Å². The molecule has 112 valence electrons. The van der Waals surface area contributed by atoms with Crippen LogP contribution in [-0.4, -0.2) is 29.1 Å².